The second-order valence-electron chi connectivity index (χ2n) is 5.27. The summed E-state index contributed by atoms with van der Waals surface area (Å²) in [6, 6.07) is 12.1. The Morgan fingerprint density at radius 3 is 2.40 bits per heavy atom. The number of carbonyl (C=O) groups excluding carboxylic acids is 1. The van der Waals surface area contributed by atoms with E-state index in [1.165, 1.54) is 18.2 Å². The number of aliphatic hydroxyl groups is 1. The van der Waals surface area contributed by atoms with E-state index in [0.717, 1.165) is 10.5 Å². The van der Waals surface area contributed by atoms with Crippen molar-refractivity contribution in [3.63, 3.8) is 0 Å². The fourth-order valence-electron chi connectivity index (χ4n) is 2.28. The number of hydrogen-bond donors (Lipinski definition) is 3. The third kappa shape index (κ3) is 5.42. The maximum atomic E-state index is 11.8. The first-order valence-electron chi connectivity index (χ1n) is 7.45. The number of carbonyl (C=O) groups is 1. The van der Waals surface area contributed by atoms with E-state index in [4.69, 9.17) is 19.6 Å². The number of aliphatic hydroxyl groups excluding tert-OH is 1. The summed E-state index contributed by atoms with van der Waals surface area (Å²) in [4.78, 5) is 31.1. The summed E-state index contributed by atoms with van der Waals surface area (Å²) in [5.74, 6) is 0.463. The Labute approximate surface area is 150 Å². The molecule has 0 bridgehead atoms. The van der Waals surface area contributed by atoms with Crippen molar-refractivity contribution in [1.29, 1.82) is 0 Å². The zero-order chi connectivity index (χ0) is 18.4. The van der Waals surface area contributed by atoms with Crippen LogP contribution in [-0.4, -0.2) is 39.9 Å². The molecule has 0 heterocycles. The molecule has 134 valence electrons. The highest BCUT2D eigenvalue weighted by atomic mass is 32.2. The van der Waals surface area contributed by atoms with E-state index in [-0.39, 0.29) is 18.8 Å². The number of ether oxygens (including phenoxy) is 1. The van der Waals surface area contributed by atoms with Crippen molar-refractivity contribution in [1.82, 2.24) is 0 Å². The molecule has 3 N–H and O–H groups in total. The Balaban J connectivity index is 2.36. The molecular formula is C17H19O6PS. The Morgan fingerprint density at radius 2 is 1.84 bits per heavy atom. The van der Waals surface area contributed by atoms with E-state index in [1.54, 1.807) is 11.8 Å². The van der Waals surface area contributed by atoms with E-state index in [0.29, 0.717) is 17.7 Å². The second kappa shape index (κ2) is 8.65. The van der Waals surface area contributed by atoms with E-state index in [2.05, 4.69) is 0 Å². The molecule has 0 fully saturated rings. The van der Waals surface area contributed by atoms with E-state index < -0.39 is 13.1 Å². The Hall–Kier alpha value is -1.63. The lowest BCUT2D eigenvalue weighted by Gasteiger charge is -2.13. The average molecular weight is 382 g/mol. The van der Waals surface area contributed by atoms with Gasteiger partial charge in [0.1, 0.15) is 12.4 Å². The molecular weight excluding hydrogens is 363 g/mol. The molecule has 0 aliphatic carbocycles. The van der Waals surface area contributed by atoms with Crippen LogP contribution in [0.25, 0.3) is 0 Å². The molecule has 25 heavy (non-hydrogen) atoms. The van der Waals surface area contributed by atoms with Crippen LogP contribution in [-0.2, 0) is 11.0 Å². The molecule has 8 heteroatoms. The summed E-state index contributed by atoms with van der Waals surface area (Å²) < 4.78 is 16.7. The maximum Gasteiger partial charge on any atom is 0.396 e. The molecule has 2 rings (SSSR count). The van der Waals surface area contributed by atoms with Crippen LogP contribution in [0.2, 0.25) is 0 Å². The first-order valence-corrected chi connectivity index (χ1v) is 10.3. The van der Waals surface area contributed by atoms with Gasteiger partial charge in [-0.25, -0.2) is 0 Å². The topological polar surface area (TPSA) is 104 Å². The van der Waals surface area contributed by atoms with Crippen molar-refractivity contribution in [2.75, 3.05) is 19.5 Å². The van der Waals surface area contributed by atoms with Gasteiger partial charge in [-0.2, -0.15) is 0 Å². The summed E-state index contributed by atoms with van der Waals surface area (Å²) in [7, 11) is -4.85. The molecule has 0 saturated heterocycles. The van der Waals surface area contributed by atoms with Crippen molar-refractivity contribution in [3.05, 3.63) is 59.2 Å². The van der Waals surface area contributed by atoms with Gasteiger partial charge < -0.3 is 19.6 Å². The number of hydrogen-bond acceptors (Lipinski definition) is 5. The third-order valence-electron chi connectivity index (χ3n) is 3.47. The van der Waals surface area contributed by atoms with Gasteiger partial charge in [0.05, 0.1) is 6.61 Å². The minimum Gasteiger partial charge on any atom is -0.491 e. The summed E-state index contributed by atoms with van der Waals surface area (Å²) in [5.41, 5.74) is 0.290. The number of rotatable bonds is 8. The predicted octanol–water partition coefficient (Wildman–Crippen LogP) is 2.69. The summed E-state index contributed by atoms with van der Waals surface area (Å²) in [5, 5.41) is 8.93. The second-order valence-corrected chi connectivity index (χ2v) is 7.64. The first-order chi connectivity index (χ1) is 11.8. The number of thioether (sulfide) groups is 1. The standard InChI is InChI=1S/C17H19O6PS/c1-25-15-5-2-12(3-6-15)10-14-11-13(17(19)24(20,21)22)4-7-16(14)23-9-8-18/h2-7,11,18H,8-10H2,1H3,(H2,20,21,22). The van der Waals surface area contributed by atoms with Gasteiger partial charge in [0.25, 0.3) is 5.52 Å². The summed E-state index contributed by atoms with van der Waals surface area (Å²) >= 11 is 1.62. The number of benzene rings is 2. The Morgan fingerprint density at radius 1 is 1.16 bits per heavy atom. The maximum absolute atomic E-state index is 11.8. The molecule has 0 radical (unpaired) electrons. The van der Waals surface area contributed by atoms with Gasteiger partial charge in [-0.3, -0.25) is 9.36 Å². The van der Waals surface area contributed by atoms with Gasteiger partial charge in [0, 0.05) is 16.9 Å². The van der Waals surface area contributed by atoms with Crippen molar-refractivity contribution in [3.8, 4) is 5.75 Å². The van der Waals surface area contributed by atoms with Crippen molar-refractivity contribution < 1.29 is 29.0 Å². The first kappa shape index (κ1) is 19.7. The van der Waals surface area contributed by atoms with Crippen LogP contribution in [0, 0.1) is 0 Å². The molecule has 0 atom stereocenters. The van der Waals surface area contributed by atoms with Crippen LogP contribution >= 0.6 is 19.4 Å². The smallest absolute Gasteiger partial charge is 0.396 e. The molecule has 2 aromatic carbocycles. The van der Waals surface area contributed by atoms with Gasteiger partial charge in [-0.1, -0.05) is 12.1 Å². The van der Waals surface area contributed by atoms with E-state index in [9.17, 15) is 9.36 Å². The molecule has 0 unspecified atom stereocenters. The predicted molar refractivity (Wildman–Crippen MR) is 96.4 cm³/mol. The zero-order valence-corrected chi connectivity index (χ0v) is 15.3. The Kier molecular flexibility index (Phi) is 6.81. The Bertz CT molecular complexity index is 784. The fraction of sp³-hybridized carbons (Fsp3) is 0.235. The van der Waals surface area contributed by atoms with Crippen LogP contribution in [0.4, 0.5) is 0 Å². The van der Waals surface area contributed by atoms with Gasteiger partial charge >= 0.3 is 7.60 Å². The highest BCUT2D eigenvalue weighted by Gasteiger charge is 2.27. The zero-order valence-electron chi connectivity index (χ0n) is 13.6. The fourth-order valence-corrected chi connectivity index (χ4v) is 3.16. The monoisotopic (exact) mass is 382 g/mol. The molecule has 0 aliphatic heterocycles. The minimum absolute atomic E-state index is 0.0691. The van der Waals surface area contributed by atoms with Gasteiger partial charge in [-0.05, 0) is 47.7 Å². The molecule has 0 amide bonds. The van der Waals surface area contributed by atoms with Gasteiger partial charge in [0.2, 0.25) is 0 Å². The summed E-state index contributed by atoms with van der Waals surface area (Å²) in [6.07, 6.45) is 2.41. The van der Waals surface area contributed by atoms with Crippen LogP contribution in [0.3, 0.4) is 0 Å². The lowest BCUT2D eigenvalue weighted by atomic mass is 10.0. The highest BCUT2D eigenvalue weighted by Crippen LogP contribution is 2.40. The molecule has 0 aromatic heterocycles. The van der Waals surface area contributed by atoms with Crippen molar-refractivity contribution >= 4 is 24.9 Å². The van der Waals surface area contributed by atoms with E-state index >= 15 is 0 Å². The highest BCUT2D eigenvalue weighted by molar-refractivity contribution is 7.98. The molecule has 0 aliphatic rings. The molecule has 0 saturated carbocycles. The summed E-state index contributed by atoms with van der Waals surface area (Å²) in [6.45, 7) is -0.0742. The quantitative estimate of drug-likeness (QED) is 0.476. The lowest BCUT2D eigenvalue weighted by Crippen LogP contribution is -2.06. The van der Waals surface area contributed by atoms with Crippen LogP contribution in [0.5, 0.6) is 5.75 Å². The normalized spacial score (nSPS) is 11.4. The average Bonchev–Trinajstić information content (AvgIpc) is 2.60. The molecule has 6 nitrogen and oxygen atoms in total. The van der Waals surface area contributed by atoms with Crippen LogP contribution in [0.15, 0.2) is 47.4 Å². The SMILES string of the molecule is CSc1ccc(Cc2cc(C(=O)P(=O)(O)O)ccc2OCCO)cc1. The minimum atomic E-state index is -4.85. The van der Waals surface area contributed by atoms with Gasteiger partial charge in [-0.15, -0.1) is 11.8 Å². The van der Waals surface area contributed by atoms with Crippen molar-refractivity contribution in [2.24, 2.45) is 0 Å². The third-order valence-corrected chi connectivity index (χ3v) is 5.01. The van der Waals surface area contributed by atoms with Crippen LogP contribution < -0.4 is 4.74 Å². The van der Waals surface area contributed by atoms with E-state index in [1.807, 2.05) is 30.5 Å². The molecule has 0 spiro atoms. The van der Waals surface area contributed by atoms with Gasteiger partial charge in [0.15, 0.2) is 0 Å². The largest absolute Gasteiger partial charge is 0.491 e. The van der Waals surface area contributed by atoms with Crippen LogP contribution in [0.1, 0.15) is 21.5 Å². The van der Waals surface area contributed by atoms with Crippen molar-refractivity contribution in [2.45, 2.75) is 11.3 Å². The lowest BCUT2D eigenvalue weighted by molar-refractivity contribution is 0.104. The molecule has 2 aromatic rings.